The number of rotatable bonds is 3. The maximum Gasteiger partial charge on any atom is 0.255 e. The van der Waals surface area contributed by atoms with E-state index >= 15 is 0 Å². The number of ketones is 1. The molecule has 1 aromatic carbocycles. The van der Waals surface area contributed by atoms with Crippen molar-refractivity contribution in [1.82, 2.24) is 4.90 Å². The first-order valence-electron chi connectivity index (χ1n) is 6.24. The van der Waals surface area contributed by atoms with Crippen LogP contribution < -0.4 is 0 Å². The van der Waals surface area contributed by atoms with Gasteiger partial charge in [-0.25, -0.2) is 4.39 Å². The molecule has 0 spiro atoms. The first-order chi connectivity index (χ1) is 8.99. The third-order valence-corrected chi connectivity index (χ3v) is 4.01. The molecule has 19 heavy (non-hydrogen) atoms. The summed E-state index contributed by atoms with van der Waals surface area (Å²) < 4.78 is 13.8. The maximum atomic E-state index is 13.3. The van der Waals surface area contributed by atoms with E-state index in [2.05, 4.69) is 15.9 Å². The summed E-state index contributed by atoms with van der Waals surface area (Å²) in [5.41, 5.74) is 0.315. The van der Waals surface area contributed by atoms with Gasteiger partial charge >= 0.3 is 0 Å². The molecule has 1 aromatic rings. The molecule has 0 N–H and O–H groups in total. The summed E-state index contributed by atoms with van der Waals surface area (Å²) in [5, 5.41) is 0. The standard InChI is InChI=1S/C14H15BrFNO2/c1-9(18)7-11-3-2-6-17(11)14(19)12-8-10(16)4-5-13(12)15/h4-5,8,11H,2-3,6-7H2,1H3. The fraction of sp³-hybridized carbons (Fsp3) is 0.429. The van der Waals surface area contributed by atoms with E-state index in [0.29, 0.717) is 23.0 Å². The lowest BCUT2D eigenvalue weighted by Crippen LogP contribution is -2.36. The van der Waals surface area contributed by atoms with Crippen molar-refractivity contribution in [1.29, 1.82) is 0 Å². The number of hydrogen-bond donors (Lipinski definition) is 0. The van der Waals surface area contributed by atoms with Crippen molar-refractivity contribution in [3.8, 4) is 0 Å². The molecule has 0 aliphatic carbocycles. The molecule has 1 aliphatic rings. The van der Waals surface area contributed by atoms with Crippen LogP contribution in [-0.2, 0) is 4.79 Å². The molecule has 2 rings (SSSR count). The van der Waals surface area contributed by atoms with Crippen LogP contribution in [0.15, 0.2) is 22.7 Å². The number of nitrogens with zero attached hydrogens (tertiary/aromatic N) is 1. The smallest absolute Gasteiger partial charge is 0.255 e. The van der Waals surface area contributed by atoms with Gasteiger partial charge in [-0.2, -0.15) is 0 Å². The van der Waals surface area contributed by atoms with Crippen molar-refractivity contribution in [2.24, 2.45) is 0 Å². The lowest BCUT2D eigenvalue weighted by Gasteiger charge is -2.24. The van der Waals surface area contributed by atoms with Gasteiger partial charge in [0.15, 0.2) is 0 Å². The van der Waals surface area contributed by atoms with Crippen molar-refractivity contribution in [2.45, 2.75) is 32.2 Å². The zero-order valence-corrected chi connectivity index (χ0v) is 12.2. The zero-order valence-electron chi connectivity index (χ0n) is 10.7. The van der Waals surface area contributed by atoms with Crippen LogP contribution in [-0.4, -0.2) is 29.2 Å². The quantitative estimate of drug-likeness (QED) is 0.855. The van der Waals surface area contributed by atoms with Gasteiger partial charge < -0.3 is 4.90 Å². The van der Waals surface area contributed by atoms with E-state index in [1.165, 1.54) is 25.1 Å². The summed E-state index contributed by atoms with van der Waals surface area (Å²) in [7, 11) is 0. The summed E-state index contributed by atoms with van der Waals surface area (Å²) in [6.45, 7) is 2.15. The molecule has 1 heterocycles. The number of halogens is 2. The first kappa shape index (κ1) is 14.2. The van der Waals surface area contributed by atoms with Gasteiger partial charge in [0.2, 0.25) is 0 Å². The minimum Gasteiger partial charge on any atom is -0.335 e. The minimum atomic E-state index is -0.436. The summed E-state index contributed by atoms with van der Waals surface area (Å²) in [4.78, 5) is 25.3. The van der Waals surface area contributed by atoms with E-state index in [-0.39, 0.29) is 17.7 Å². The van der Waals surface area contributed by atoms with Crippen LogP contribution in [0.4, 0.5) is 4.39 Å². The van der Waals surface area contributed by atoms with Crippen molar-refractivity contribution >= 4 is 27.6 Å². The first-order valence-corrected chi connectivity index (χ1v) is 7.04. The van der Waals surface area contributed by atoms with Gasteiger partial charge in [0.05, 0.1) is 5.56 Å². The lowest BCUT2D eigenvalue weighted by atomic mass is 10.1. The Labute approximate surface area is 119 Å². The SMILES string of the molecule is CC(=O)CC1CCCN1C(=O)c1cc(F)ccc1Br. The predicted octanol–water partition coefficient (Wildman–Crippen LogP) is 3.17. The number of carbonyl (C=O) groups excluding carboxylic acids is 2. The molecule has 3 nitrogen and oxygen atoms in total. The molecule has 0 saturated carbocycles. The molecule has 102 valence electrons. The Morgan fingerprint density at radius 1 is 1.47 bits per heavy atom. The lowest BCUT2D eigenvalue weighted by molar-refractivity contribution is -0.117. The van der Waals surface area contributed by atoms with Crippen LogP contribution in [0.2, 0.25) is 0 Å². The molecule has 1 aliphatic heterocycles. The van der Waals surface area contributed by atoms with Crippen LogP contribution >= 0.6 is 15.9 Å². The summed E-state index contributed by atoms with van der Waals surface area (Å²) in [5.74, 6) is -0.577. The molecule has 5 heteroatoms. The Hall–Kier alpha value is -1.23. The minimum absolute atomic E-state index is 0.0554. The van der Waals surface area contributed by atoms with E-state index in [1.54, 1.807) is 4.90 Å². The second-order valence-electron chi connectivity index (χ2n) is 4.82. The van der Waals surface area contributed by atoms with E-state index in [0.717, 1.165) is 12.8 Å². The largest absolute Gasteiger partial charge is 0.335 e. The van der Waals surface area contributed by atoms with Crippen molar-refractivity contribution < 1.29 is 14.0 Å². The molecule has 1 amide bonds. The topological polar surface area (TPSA) is 37.4 Å². The molecular weight excluding hydrogens is 313 g/mol. The second-order valence-corrected chi connectivity index (χ2v) is 5.68. The van der Waals surface area contributed by atoms with Gasteiger partial charge in [0, 0.05) is 23.5 Å². The second kappa shape index (κ2) is 5.82. The number of hydrogen-bond acceptors (Lipinski definition) is 2. The number of benzene rings is 1. The monoisotopic (exact) mass is 327 g/mol. The average molecular weight is 328 g/mol. The van der Waals surface area contributed by atoms with Crippen LogP contribution in [0.1, 0.15) is 36.5 Å². The highest BCUT2D eigenvalue weighted by Gasteiger charge is 2.31. The third kappa shape index (κ3) is 3.21. The Balaban J connectivity index is 2.23. The van der Waals surface area contributed by atoms with Crippen LogP contribution in [0, 0.1) is 5.82 Å². The Kier molecular flexibility index (Phi) is 4.34. The summed E-state index contributed by atoms with van der Waals surface area (Å²) >= 11 is 3.27. The number of Topliss-reactive ketones (excluding diaryl/α,β-unsaturated/α-hetero) is 1. The fourth-order valence-electron chi connectivity index (χ4n) is 2.46. The van der Waals surface area contributed by atoms with Gasteiger partial charge in [-0.05, 0) is 53.9 Å². The molecule has 0 aromatic heterocycles. The van der Waals surface area contributed by atoms with Crippen LogP contribution in [0.3, 0.4) is 0 Å². The number of carbonyl (C=O) groups is 2. The molecule has 1 fully saturated rings. The van der Waals surface area contributed by atoms with Gasteiger partial charge in [-0.15, -0.1) is 0 Å². The maximum absolute atomic E-state index is 13.3. The summed E-state index contributed by atoms with van der Waals surface area (Å²) in [6.07, 6.45) is 2.09. The van der Waals surface area contributed by atoms with E-state index in [4.69, 9.17) is 0 Å². The number of amides is 1. The average Bonchev–Trinajstić information content (AvgIpc) is 2.78. The molecule has 0 radical (unpaired) electrons. The van der Waals surface area contributed by atoms with Gasteiger partial charge in [0.25, 0.3) is 5.91 Å². The van der Waals surface area contributed by atoms with Crippen LogP contribution in [0.25, 0.3) is 0 Å². The normalized spacial score (nSPS) is 18.7. The molecular formula is C14H15BrFNO2. The van der Waals surface area contributed by atoms with Crippen molar-refractivity contribution in [3.05, 3.63) is 34.1 Å². The fourth-order valence-corrected chi connectivity index (χ4v) is 2.88. The van der Waals surface area contributed by atoms with Gasteiger partial charge in [-0.1, -0.05) is 0 Å². The van der Waals surface area contributed by atoms with Gasteiger partial charge in [-0.3, -0.25) is 9.59 Å². The van der Waals surface area contributed by atoms with Crippen molar-refractivity contribution in [3.63, 3.8) is 0 Å². The Morgan fingerprint density at radius 3 is 2.89 bits per heavy atom. The highest BCUT2D eigenvalue weighted by Crippen LogP contribution is 2.26. The van der Waals surface area contributed by atoms with E-state index in [9.17, 15) is 14.0 Å². The molecule has 1 saturated heterocycles. The molecule has 1 unspecified atom stereocenters. The molecule has 1 atom stereocenters. The third-order valence-electron chi connectivity index (χ3n) is 3.32. The highest BCUT2D eigenvalue weighted by molar-refractivity contribution is 9.10. The van der Waals surface area contributed by atoms with Gasteiger partial charge in [0.1, 0.15) is 11.6 Å². The highest BCUT2D eigenvalue weighted by atomic mass is 79.9. The van der Waals surface area contributed by atoms with Crippen LogP contribution in [0.5, 0.6) is 0 Å². The number of likely N-dealkylation sites (tertiary alicyclic amines) is 1. The van der Waals surface area contributed by atoms with E-state index in [1.807, 2.05) is 0 Å². The Morgan fingerprint density at radius 2 is 2.21 bits per heavy atom. The molecule has 0 bridgehead atoms. The van der Waals surface area contributed by atoms with Crippen molar-refractivity contribution in [2.75, 3.05) is 6.54 Å². The van der Waals surface area contributed by atoms with E-state index < -0.39 is 5.82 Å². The Bertz CT molecular complexity index is 518. The predicted molar refractivity (Wildman–Crippen MR) is 73.5 cm³/mol. The summed E-state index contributed by atoms with van der Waals surface area (Å²) in [6, 6.07) is 4.01. The zero-order chi connectivity index (χ0) is 14.0.